The van der Waals surface area contributed by atoms with Crippen LogP contribution in [0.2, 0.25) is 0 Å². The van der Waals surface area contributed by atoms with Gasteiger partial charge in [0.05, 0.1) is 15.1 Å². The van der Waals surface area contributed by atoms with Crippen LogP contribution in [-0.2, 0) is 17.1 Å². The molecule has 1 aromatic heterocycles. The summed E-state index contributed by atoms with van der Waals surface area (Å²) in [6.07, 6.45) is 0. The van der Waals surface area contributed by atoms with Gasteiger partial charge in [-0.3, -0.25) is 9.52 Å². The van der Waals surface area contributed by atoms with Crippen LogP contribution < -0.4 is 9.60 Å². The second-order valence-electron chi connectivity index (χ2n) is 4.67. The second-order valence-corrected chi connectivity index (χ2v) is 8.59. The van der Waals surface area contributed by atoms with Gasteiger partial charge in [0.15, 0.2) is 0 Å². The number of anilines is 1. The molecular weight excluding hydrogens is 435 g/mol. The third-order valence-corrected chi connectivity index (χ3v) is 6.26. The van der Waals surface area contributed by atoms with Crippen molar-refractivity contribution in [2.45, 2.75) is 4.90 Å². The molecule has 0 fully saturated rings. The number of aryl methyl sites for hydroxylation is 1. The average molecular weight is 446 g/mol. The number of halogens is 1. The normalized spacial score (nSPS) is 11.7. The fourth-order valence-corrected chi connectivity index (χ4v) is 4.45. The van der Waals surface area contributed by atoms with Gasteiger partial charge in [-0.05, 0) is 65.1 Å². The van der Waals surface area contributed by atoms with Crippen LogP contribution in [0.15, 0.2) is 52.2 Å². The molecule has 1 N–H and O–H groups in total. The predicted molar refractivity (Wildman–Crippen MR) is 97.0 cm³/mol. The molecule has 3 rings (SSSR count). The van der Waals surface area contributed by atoms with Gasteiger partial charge in [-0.1, -0.05) is 11.3 Å². The summed E-state index contributed by atoms with van der Waals surface area (Å²) in [5.74, 6) is 0. The molecule has 0 amide bonds. The smallest absolute Gasteiger partial charge is 0.302 e. The van der Waals surface area contributed by atoms with Crippen LogP contribution in [0.1, 0.15) is 0 Å². The van der Waals surface area contributed by atoms with Crippen molar-refractivity contribution in [2.24, 2.45) is 7.05 Å². The summed E-state index contributed by atoms with van der Waals surface area (Å²) >= 11 is 3.18. The van der Waals surface area contributed by atoms with Gasteiger partial charge in [-0.25, -0.2) is 8.42 Å². The summed E-state index contributed by atoms with van der Waals surface area (Å²) in [5, 5.41) is 0. The predicted octanol–water partition coefficient (Wildman–Crippen LogP) is 3.01. The number of hydrogen-bond acceptors (Lipinski definition) is 4. The zero-order chi connectivity index (χ0) is 15.9. The minimum absolute atomic E-state index is 0.116. The maximum Gasteiger partial charge on any atom is 0.307 e. The van der Waals surface area contributed by atoms with E-state index in [2.05, 4.69) is 27.3 Å². The van der Waals surface area contributed by atoms with Crippen molar-refractivity contribution in [3.05, 3.63) is 55.7 Å². The molecule has 0 radical (unpaired) electrons. The van der Waals surface area contributed by atoms with Crippen LogP contribution in [0, 0.1) is 3.57 Å². The fraction of sp³-hybridized carbons (Fsp3) is 0.0714. The monoisotopic (exact) mass is 446 g/mol. The van der Waals surface area contributed by atoms with E-state index in [1.54, 1.807) is 25.2 Å². The lowest BCUT2D eigenvalue weighted by Gasteiger charge is -2.08. The highest BCUT2D eigenvalue weighted by Gasteiger charge is 2.16. The van der Waals surface area contributed by atoms with E-state index in [-0.39, 0.29) is 9.77 Å². The molecule has 22 heavy (non-hydrogen) atoms. The quantitative estimate of drug-likeness (QED) is 0.630. The van der Waals surface area contributed by atoms with Gasteiger partial charge in [0.2, 0.25) is 0 Å². The summed E-state index contributed by atoms with van der Waals surface area (Å²) in [6, 6.07) is 11.7. The Hall–Kier alpha value is -1.39. The van der Waals surface area contributed by atoms with E-state index in [0.29, 0.717) is 10.4 Å². The van der Waals surface area contributed by atoms with Gasteiger partial charge in [0.1, 0.15) is 0 Å². The topological polar surface area (TPSA) is 68.2 Å². The average Bonchev–Trinajstić information content (AvgIpc) is 2.76. The molecule has 5 nitrogen and oxygen atoms in total. The first-order valence-electron chi connectivity index (χ1n) is 6.25. The Labute approximate surface area is 144 Å². The zero-order valence-corrected chi connectivity index (χ0v) is 15.2. The molecule has 1 heterocycles. The highest BCUT2D eigenvalue weighted by Crippen LogP contribution is 2.23. The lowest BCUT2D eigenvalue weighted by molar-refractivity contribution is 0.601. The molecule has 2 aromatic carbocycles. The van der Waals surface area contributed by atoms with E-state index >= 15 is 0 Å². The molecule has 0 aliphatic heterocycles. The molecule has 3 aromatic rings. The largest absolute Gasteiger partial charge is 0.307 e. The van der Waals surface area contributed by atoms with Crippen LogP contribution in [-0.4, -0.2) is 13.0 Å². The van der Waals surface area contributed by atoms with E-state index in [0.717, 1.165) is 20.4 Å². The van der Waals surface area contributed by atoms with Crippen LogP contribution in [0.4, 0.5) is 5.69 Å². The van der Waals surface area contributed by atoms with E-state index < -0.39 is 10.0 Å². The molecule has 8 heteroatoms. The number of fused-ring (bicyclic) bond motifs is 1. The molecule has 0 aliphatic carbocycles. The maximum absolute atomic E-state index is 12.4. The first kappa shape index (κ1) is 15.5. The minimum Gasteiger partial charge on any atom is -0.302 e. The van der Waals surface area contributed by atoms with Crippen molar-refractivity contribution in [3.8, 4) is 0 Å². The molecule has 114 valence electrons. The van der Waals surface area contributed by atoms with Gasteiger partial charge < -0.3 is 4.57 Å². The third kappa shape index (κ3) is 2.90. The summed E-state index contributed by atoms with van der Waals surface area (Å²) < 4.78 is 30.6. The first-order valence-corrected chi connectivity index (χ1v) is 9.63. The van der Waals surface area contributed by atoms with Gasteiger partial charge >= 0.3 is 4.87 Å². The maximum atomic E-state index is 12.4. The molecule has 0 aliphatic rings. The molecule has 0 atom stereocenters. The van der Waals surface area contributed by atoms with E-state index in [1.807, 2.05) is 12.1 Å². The summed E-state index contributed by atoms with van der Waals surface area (Å²) in [5.41, 5.74) is 1.23. The van der Waals surface area contributed by atoms with Crippen molar-refractivity contribution >= 4 is 59.9 Å². The van der Waals surface area contributed by atoms with Gasteiger partial charge in [-0.15, -0.1) is 0 Å². The molecule has 0 bridgehead atoms. The third-order valence-electron chi connectivity index (χ3n) is 3.17. The Morgan fingerprint density at radius 3 is 2.50 bits per heavy atom. The summed E-state index contributed by atoms with van der Waals surface area (Å²) in [6.45, 7) is 0. The van der Waals surface area contributed by atoms with Crippen LogP contribution in [0.3, 0.4) is 0 Å². The SMILES string of the molecule is Cn1c(=O)sc2cc(S(=O)(=O)Nc3ccc(I)cc3)ccc21. The fourth-order valence-electron chi connectivity index (χ4n) is 2.01. The van der Waals surface area contributed by atoms with Crippen LogP contribution in [0.5, 0.6) is 0 Å². The molecule has 0 unspecified atom stereocenters. The number of nitrogens with zero attached hydrogens (tertiary/aromatic N) is 1. The van der Waals surface area contributed by atoms with Crippen LogP contribution in [0.25, 0.3) is 10.2 Å². The Kier molecular flexibility index (Phi) is 4.00. The Morgan fingerprint density at radius 1 is 1.14 bits per heavy atom. The Morgan fingerprint density at radius 2 is 1.82 bits per heavy atom. The highest BCUT2D eigenvalue weighted by molar-refractivity contribution is 14.1. The molecule has 0 saturated carbocycles. The molecule has 0 spiro atoms. The number of benzene rings is 2. The van der Waals surface area contributed by atoms with E-state index in [1.165, 1.54) is 16.7 Å². The van der Waals surface area contributed by atoms with Crippen molar-refractivity contribution in [1.29, 1.82) is 0 Å². The second kappa shape index (κ2) is 5.67. The van der Waals surface area contributed by atoms with Crippen molar-refractivity contribution < 1.29 is 8.42 Å². The lowest BCUT2D eigenvalue weighted by atomic mass is 10.3. The number of rotatable bonds is 3. The number of aromatic nitrogens is 1. The van der Waals surface area contributed by atoms with E-state index in [9.17, 15) is 13.2 Å². The van der Waals surface area contributed by atoms with Gasteiger partial charge in [0.25, 0.3) is 10.0 Å². The van der Waals surface area contributed by atoms with Crippen molar-refractivity contribution in [1.82, 2.24) is 4.57 Å². The van der Waals surface area contributed by atoms with Gasteiger partial charge in [-0.2, -0.15) is 0 Å². The highest BCUT2D eigenvalue weighted by atomic mass is 127. The molecule has 0 saturated heterocycles. The number of sulfonamides is 1. The Balaban J connectivity index is 2.01. The minimum atomic E-state index is -3.68. The van der Waals surface area contributed by atoms with E-state index in [4.69, 9.17) is 0 Å². The van der Waals surface area contributed by atoms with Crippen molar-refractivity contribution in [2.75, 3.05) is 4.72 Å². The Bertz CT molecular complexity index is 1000. The molecular formula is C14H11IN2O3S2. The summed E-state index contributed by atoms with van der Waals surface area (Å²) in [7, 11) is -2.01. The number of nitrogens with one attached hydrogen (secondary N) is 1. The number of thiazole rings is 1. The lowest BCUT2D eigenvalue weighted by Crippen LogP contribution is -2.12. The first-order chi connectivity index (χ1) is 10.4. The zero-order valence-electron chi connectivity index (χ0n) is 11.4. The summed E-state index contributed by atoms with van der Waals surface area (Å²) in [4.78, 5) is 11.7. The van der Waals surface area contributed by atoms with Gasteiger partial charge in [0, 0.05) is 16.3 Å². The standard InChI is InChI=1S/C14H11IN2O3S2/c1-17-12-7-6-11(8-13(12)21-14(17)18)22(19,20)16-10-4-2-9(15)3-5-10/h2-8,16H,1H3. The van der Waals surface area contributed by atoms with Crippen LogP contribution >= 0.6 is 33.9 Å². The number of hydrogen-bond donors (Lipinski definition) is 1. The van der Waals surface area contributed by atoms with Crippen molar-refractivity contribution in [3.63, 3.8) is 0 Å².